The van der Waals surface area contributed by atoms with E-state index in [2.05, 4.69) is 20.3 Å². The molecule has 1 aromatic heterocycles. The molecule has 0 amide bonds. The van der Waals surface area contributed by atoms with E-state index in [1.165, 1.54) is 0 Å². The molecule has 1 unspecified atom stereocenters. The van der Waals surface area contributed by atoms with E-state index in [1.54, 1.807) is 0 Å². The van der Waals surface area contributed by atoms with Crippen molar-refractivity contribution in [3.63, 3.8) is 0 Å². The fourth-order valence-corrected chi connectivity index (χ4v) is 2.93. The van der Waals surface area contributed by atoms with Gasteiger partial charge in [0, 0.05) is 25.0 Å². The number of aliphatic hydroxyl groups excluding tert-OH is 1. The van der Waals surface area contributed by atoms with Crippen LogP contribution in [0.1, 0.15) is 50.7 Å². The van der Waals surface area contributed by atoms with Gasteiger partial charge in [-0.1, -0.05) is 6.92 Å². The first-order chi connectivity index (χ1) is 13.5. The van der Waals surface area contributed by atoms with Crippen molar-refractivity contribution in [3.8, 4) is 0 Å². The first-order valence-electron chi connectivity index (χ1n) is 9.47. The van der Waals surface area contributed by atoms with Crippen molar-refractivity contribution >= 4 is 11.5 Å². The van der Waals surface area contributed by atoms with Crippen LogP contribution in [-0.2, 0) is 6.42 Å². The van der Waals surface area contributed by atoms with Crippen LogP contribution < -0.4 is 5.32 Å². The lowest BCUT2D eigenvalue weighted by Crippen LogP contribution is -2.37. The van der Waals surface area contributed by atoms with Gasteiger partial charge in [-0.3, -0.25) is 0 Å². The zero-order valence-corrected chi connectivity index (χ0v) is 15.7. The van der Waals surface area contributed by atoms with Crippen LogP contribution in [0.5, 0.6) is 0 Å². The number of nitrogens with one attached hydrogen (secondary N) is 1. The fraction of sp³-hybridized carbons (Fsp3) is 0.722. The quantitative estimate of drug-likeness (QED) is 0.639. The first kappa shape index (κ1) is 21.8. The van der Waals surface area contributed by atoms with Crippen LogP contribution >= 0.6 is 0 Å². The van der Waals surface area contributed by atoms with Gasteiger partial charge in [0.25, 0.3) is 5.92 Å². The Morgan fingerprint density at radius 3 is 2.52 bits per heavy atom. The van der Waals surface area contributed by atoms with Crippen LogP contribution in [0, 0.1) is 11.8 Å². The van der Waals surface area contributed by atoms with E-state index in [-0.39, 0.29) is 36.0 Å². The third-order valence-electron chi connectivity index (χ3n) is 5.19. The van der Waals surface area contributed by atoms with Crippen LogP contribution in [0.2, 0.25) is 0 Å². The summed E-state index contributed by atoms with van der Waals surface area (Å²) in [5, 5.41) is 12.5. The lowest BCUT2D eigenvalue weighted by Gasteiger charge is -2.27. The summed E-state index contributed by atoms with van der Waals surface area (Å²) in [5.74, 6) is -6.33. The highest BCUT2D eigenvalue weighted by molar-refractivity contribution is 5.65. The first-order valence-corrected chi connectivity index (χ1v) is 9.47. The molecule has 2 atom stereocenters. The van der Waals surface area contributed by atoms with Crippen molar-refractivity contribution in [1.29, 1.82) is 0 Å². The molecule has 0 bridgehead atoms. The molecule has 0 aromatic carbocycles. The Labute approximate surface area is 163 Å². The number of hydrogen-bond acceptors (Lipinski definition) is 5. The number of aryl methyl sites for hydroxylation is 1. The Bertz CT molecular complexity index is 778. The topological polar surface area (TPSA) is 70.9 Å². The van der Waals surface area contributed by atoms with Crippen molar-refractivity contribution < 1.29 is 31.4 Å². The number of aromatic nitrogens is 3. The minimum Gasteiger partial charge on any atom is -0.380 e. The number of anilines is 1. The van der Waals surface area contributed by atoms with Gasteiger partial charge in [-0.05, 0) is 31.6 Å². The van der Waals surface area contributed by atoms with Crippen LogP contribution in [-0.4, -0.2) is 44.8 Å². The zero-order valence-electron chi connectivity index (χ0n) is 15.7. The molecule has 0 spiro atoms. The second kappa shape index (κ2) is 8.08. The molecule has 5 nitrogen and oxygen atoms in total. The maximum absolute atomic E-state index is 14.4. The molecule has 0 saturated heterocycles. The summed E-state index contributed by atoms with van der Waals surface area (Å²) in [6.45, 7) is 1.58. The van der Waals surface area contributed by atoms with Gasteiger partial charge in [-0.25, -0.2) is 18.2 Å². The lowest BCUT2D eigenvalue weighted by molar-refractivity contribution is -0.171. The Kier molecular flexibility index (Phi) is 6.07. The molecule has 1 heterocycles. The second-order valence-corrected chi connectivity index (χ2v) is 7.69. The molecule has 2 aliphatic carbocycles. The third kappa shape index (κ3) is 5.37. The molecule has 0 radical (unpaired) electrons. The Balaban J connectivity index is 1.87. The maximum Gasteiger partial charge on any atom is 0.391 e. The van der Waals surface area contributed by atoms with Gasteiger partial charge in [-0.2, -0.15) is 23.1 Å². The number of rotatable bonds is 7. The largest absolute Gasteiger partial charge is 0.391 e. The van der Waals surface area contributed by atoms with Crippen molar-refractivity contribution in [2.45, 2.75) is 63.7 Å². The smallest absolute Gasteiger partial charge is 0.380 e. The van der Waals surface area contributed by atoms with E-state index >= 15 is 0 Å². The molecule has 2 N–H and O–H groups in total. The number of allylic oxidation sites excluding steroid dienone is 1. The summed E-state index contributed by atoms with van der Waals surface area (Å²) < 4.78 is 79.7. The van der Waals surface area contributed by atoms with Crippen molar-refractivity contribution in [3.05, 3.63) is 17.5 Å². The van der Waals surface area contributed by atoms with E-state index in [9.17, 15) is 31.4 Å². The molecule has 1 saturated carbocycles. The molecule has 1 fully saturated rings. The van der Waals surface area contributed by atoms with E-state index in [1.807, 2.05) is 0 Å². The highest BCUT2D eigenvalue weighted by Gasteiger charge is 2.46. The van der Waals surface area contributed by atoms with Gasteiger partial charge in [0.1, 0.15) is 11.7 Å². The number of halogens is 6. The number of aliphatic hydroxyl groups is 1. The van der Waals surface area contributed by atoms with Gasteiger partial charge < -0.3 is 10.4 Å². The summed E-state index contributed by atoms with van der Waals surface area (Å²) in [5.41, 5.74) is -0.273. The Morgan fingerprint density at radius 1 is 1.21 bits per heavy atom. The van der Waals surface area contributed by atoms with Gasteiger partial charge in [-0.15, -0.1) is 0 Å². The van der Waals surface area contributed by atoms with Gasteiger partial charge in [0.2, 0.25) is 5.95 Å². The van der Waals surface area contributed by atoms with E-state index in [0.29, 0.717) is 12.5 Å². The average molecular weight is 424 g/mol. The summed E-state index contributed by atoms with van der Waals surface area (Å²) in [6, 6.07) is 0. The highest BCUT2D eigenvalue weighted by atomic mass is 19.4. The second-order valence-electron chi connectivity index (χ2n) is 7.69. The molecule has 0 aliphatic heterocycles. The van der Waals surface area contributed by atoms with Gasteiger partial charge in [0.05, 0.1) is 5.92 Å². The van der Waals surface area contributed by atoms with Crippen molar-refractivity contribution in [2.75, 3.05) is 11.9 Å². The molecule has 11 heteroatoms. The summed E-state index contributed by atoms with van der Waals surface area (Å²) in [7, 11) is 0. The lowest BCUT2D eigenvalue weighted by atomic mass is 9.92. The number of hydrogen-bond donors (Lipinski definition) is 2. The molecule has 2 aliphatic rings. The highest BCUT2D eigenvalue weighted by Crippen LogP contribution is 2.41. The Hall–Kier alpha value is -1.91. The molecular formula is C18H22F6N4O. The Morgan fingerprint density at radius 2 is 1.90 bits per heavy atom. The van der Waals surface area contributed by atoms with Crippen LogP contribution in [0.25, 0.3) is 5.57 Å². The predicted octanol–water partition coefficient (Wildman–Crippen LogP) is 4.30. The van der Waals surface area contributed by atoms with Crippen LogP contribution in [0.15, 0.2) is 5.83 Å². The summed E-state index contributed by atoms with van der Waals surface area (Å²) in [6.07, 6.45) is -6.51. The maximum atomic E-state index is 14.4. The van der Waals surface area contributed by atoms with Crippen molar-refractivity contribution in [1.82, 2.24) is 15.0 Å². The minimum absolute atomic E-state index is 0.0107. The monoisotopic (exact) mass is 424 g/mol. The van der Waals surface area contributed by atoms with Crippen LogP contribution in [0.4, 0.5) is 32.3 Å². The zero-order chi connectivity index (χ0) is 21.4. The predicted molar refractivity (Wildman–Crippen MR) is 92.8 cm³/mol. The van der Waals surface area contributed by atoms with Crippen molar-refractivity contribution in [2.24, 2.45) is 11.8 Å². The average Bonchev–Trinajstić information content (AvgIpc) is 3.46. The normalized spacial score (nSPS) is 23.2. The van der Waals surface area contributed by atoms with E-state index in [4.69, 9.17) is 0 Å². The molecule has 29 heavy (non-hydrogen) atoms. The fourth-order valence-electron chi connectivity index (χ4n) is 2.93. The van der Waals surface area contributed by atoms with E-state index < -0.39 is 42.8 Å². The SMILES string of the molecule is C[C@@H](CCc1nc(NCC2CC2)nc(C2=C(F)C(O)C(F)(F)CC2)n1)C(F)(F)F. The van der Waals surface area contributed by atoms with E-state index in [0.717, 1.165) is 19.8 Å². The van der Waals surface area contributed by atoms with Gasteiger partial charge in [0.15, 0.2) is 11.9 Å². The third-order valence-corrected chi connectivity index (χ3v) is 5.19. The molecule has 162 valence electrons. The summed E-state index contributed by atoms with van der Waals surface area (Å²) >= 11 is 0. The standard InChI is InChI=1S/C18H22F6N4O/c1-9(18(22,23)24)2-5-12-26-15(28-16(27-12)25-8-10-3-4-10)11-6-7-17(20,21)14(29)13(11)19/h9-10,14,29H,2-8H2,1H3,(H,25,26,27,28)/t9-,14?/m0/s1. The number of nitrogens with zero attached hydrogens (tertiary/aromatic N) is 3. The van der Waals surface area contributed by atoms with Crippen LogP contribution in [0.3, 0.4) is 0 Å². The molecular weight excluding hydrogens is 402 g/mol. The molecule has 1 aromatic rings. The minimum atomic E-state index is -4.36. The molecule has 3 rings (SSSR count). The van der Waals surface area contributed by atoms with Gasteiger partial charge >= 0.3 is 6.18 Å². The summed E-state index contributed by atoms with van der Waals surface area (Å²) in [4.78, 5) is 12.2. The number of alkyl halides is 5.